The molecule has 0 aromatic heterocycles. The van der Waals surface area contributed by atoms with Crippen LogP contribution in [0.2, 0.25) is 0 Å². The third-order valence-corrected chi connectivity index (χ3v) is 2.81. The van der Waals surface area contributed by atoms with Crippen LogP contribution in [0.15, 0.2) is 48.5 Å². The predicted molar refractivity (Wildman–Crippen MR) is 80.2 cm³/mol. The number of benzene rings is 2. The van der Waals surface area contributed by atoms with E-state index < -0.39 is 0 Å². The molecule has 0 unspecified atom stereocenters. The topological polar surface area (TPSA) is 70.3 Å². The van der Waals surface area contributed by atoms with E-state index >= 15 is 0 Å². The summed E-state index contributed by atoms with van der Waals surface area (Å²) in [5, 5.41) is 15.4. The Morgan fingerprint density at radius 2 is 1.79 bits per heavy atom. The molecule has 0 aliphatic rings. The number of aliphatic hydroxyl groups excluding tert-OH is 1. The first kappa shape index (κ1) is 13.2. The molecule has 5 N–H and O–H groups in total. The summed E-state index contributed by atoms with van der Waals surface area (Å²) in [6.07, 6.45) is 0. The molecule has 0 amide bonds. The van der Waals surface area contributed by atoms with Crippen LogP contribution >= 0.6 is 0 Å². The van der Waals surface area contributed by atoms with Crippen LogP contribution in [0.25, 0.3) is 0 Å². The lowest BCUT2D eigenvalue weighted by Gasteiger charge is -2.13. The van der Waals surface area contributed by atoms with Crippen molar-refractivity contribution in [2.75, 3.05) is 29.5 Å². The third kappa shape index (κ3) is 3.89. The zero-order valence-corrected chi connectivity index (χ0v) is 10.8. The summed E-state index contributed by atoms with van der Waals surface area (Å²) in [4.78, 5) is 0. The van der Waals surface area contributed by atoms with E-state index in [4.69, 9.17) is 10.8 Å². The van der Waals surface area contributed by atoms with E-state index in [0.717, 1.165) is 22.6 Å². The van der Waals surface area contributed by atoms with Crippen molar-refractivity contribution in [2.45, 2.75) is 6.54 Å². The Balaban J connectivity index is 2.07. The van der Waals surface area contributed by atoms with Crippen LogP contribution < -0.4 is 16.4 Å². The smallest absolute Gasteiger partial charge is 0.0604 e. The summed E-state index contributed by atoms with van der Waals surface area (Å²) < 4.78 is 0. The molecule has 0 bridgehead atoms. The minimum Gasteiger partial charge on any atom is -0.399 e. The molecule has 2 aromatic carbocycles. The minimum absolute atomic E-state index is 0.107. The Morgan fingerprint density at radius 1 is 1.00 bits per heavy atom. The lowest BCUT2D eigenvalue weighted by Crippen LogP contribution is -2.10. The molecule has 2 rings (SSSR count). The number of anilines is 3. The van der Waals surface area contributed by atoms with Crippen LogP contribution in [0.1, 0.15) is 5.56 Å². The van der Waals surface area contributed by atoms with E-state index in [1.807, 2.05) is 48.5 Å². The molecular weight excluding hydrogens is 238 g/mol. The van der Waals surface area contributed by atoms with Crippen molar-refractivity contribution in [2.24, 2.45) is 0 Å². The summed E-state index contributed by atoms with van der Waals surface area (Å²) in [5.74, 6) is 0. The van der Waals surface area contributed by atoms with Crippen LogP contribution in [0, 0.1) is 0 Å². The summed E-state index contributed by atoms with van der Waals surface area (Å²) in [7, 11) is 0. The third-order valence-electron chi connectivity index (χ3n) is 2.81. The highest BCUT2D eigenvalue weighted by atomic mass is 16.3. The Labute approximate surface area is 113 Å². The second kappa shape index (κ2) is 6.66. The highest BCUT2D eigenvalue weighted by molar-refractivity contribution is 5.59. The van der Waals surface area contributed by atoms with Gasteiger partial charge in [0.1, 0.15) is 0 Å². The van der Waals surface area contributed by atoms with E-state index in [-0.39, 0.29) is 6.61 Å². The minimum atomic E-state index is 0.107. The number of para-hydroxylation sites is 1. The maximum atomic E-state index is 8.88. The van der Waals surface area contributed by atoms with Gasteiger partial charge in [0.05, 0.1) is 6.61 Å². The van der Waals surface area contributed by atoms with Crippen molar-refractivity contribution in [1.82, 2.24) is 0 Å². The van der Waals surface area contributed by atoms with Crippen LogP contribution in [0.5, 0.6) is 0 Å². The van der Waals surface area contributed by atoms with Crippen LogP contribution in [0.4, 0.5) is 17.1 Å². The quantitative estimate of drug-likeness (QED) is 0.599. The van der Waals surface area contributed by atoms with Crippen LogP contribution in [-0.4, -0.2) is 18.3 Å². The van der Waals surface area contributed by atoms with Gasteiger partial charge in [-0.15, -0.1) is 0 Å². The molecule has 0 aliphatic heterocycles. The van der Waals surface area contributed by atoms with E-state index in [2.05, 4.69) is 10.6 Å². The van der Waals surface area contributed by atoms with Crippen LogP contribution in [-0.2, 0) is 6.54 Å². The highest BCUT2D eigenvalue weighted by Gasteiger charge is 2.02. The molecule has 0 heterocycles. The fraction of sp³-hybridized carbons (Fsp3) is 0.200. The maximum absolute atomic E-state index is 8.88. The number of hydrogen-bond donors (Lipinski definition) is 4. The number of nitrogen functional groups attached to an aromatic ring is 1. The Kier molecular flexibility index (Phi) is 4.64. The second-order valence-electron chi connectivity index (χ2n) is 4.29. The van der Waals surface area contributed by atoms with Gasteiger partial charge in [0.2, 0.25) is 0 Å². The molecule has 2 aromatic rings. The standard InChI is InChI=1S/C15H19N3O/c16-13-6-7-15(17-8-9-19)12(10-13)11-18-14-4-2-1-3-5-14/h1-7,10,17-19H,8-9,11,16H2. The summed E-state index contributed by atoms with van der Waals surface area (Å²) in [6, 6.07) is 15.7. The molecule has 4 heteroatoms. The lowest BCUT2D eigenvalue weighted by atomic mass is 10.1. The van der Waals surface area contributed by atoms with Gasteiger partial charge in [0.25, 0.3) is 0 Å². The van der Waals surface area contributed by atoms with Gasteiger partial charge in [-0.3, -0.25) is 0 Å². The maximum Gasteiger partial charge on any atom is 0.0604 e. The molecule has 0 saturated heterocycles. The fourth-order valence-corrected chi connectivity index (χ4v) is 1.88. The molecule has 0 atom stereocenters. The SMILES string of the molecule is Nc1ccc(NCCO)c(CNc2ccccc2)c1. The van der Waals surface area contributed by atoms with Gasteiger partial charge in [0.15, 0.2) is 0 Å². The number of nitrogens with two attached hydrogens (primary N) is 1. The van der Waals surface area contributed by atoms with E-state index in [0.29, 0.717) is 13.1 Å². The average Bonchev–Trinajstić information content (AvgIpc) is 2.45. The molecular formula is C15H19N3O. The van der Waals surface area contributed by atoms with Crippen molar-refractivity contribution in [1.29, 1.82) is 0 Å². The van der Waals surface area contributed by atoms with Crippen molar-refractivity contribution in [3.63, 3.8) is 0 Å². The molecule has 19 heavy (non-hydrogen) atoms. The molecule has 0 aliphatic carbocycles. The normalized spacial score (nSPS) is 10.2. The lowest BCUT2D eigenvalue weighted by molar-refractivity contribution is 0.311. The summed E-state index contributed by atoms with van der Waals surface area (Å²) in [5.41, 5.74) is 9.70. The molecule has 100 valence electrons. The Morgan fingerprint density at radius 3 is 2.53 bits per heavy atom. The van der Waals surface area contributed by atoms with E-state index in [9.17, 15) is 0 Å². The molecule has 0 spiro atoms. The number of rotatable bonds is 6. The first-order valence-corrected chi connectivity index (χ1v) is 6.31. The van der Waals surface area contributed by atoms with Gasteiger partial charge in [-0.25, -0.2) is 0 Å². The van der Waals surface area contributed by atoms with Crippen LogP contribution in [0.3, 0.4) is 0 Å². The Hall–Kier alpha value is -2.20. The summed E-state index contributed by atoms with van der Waals surface area (Å²) in [6.45, 7) is 1.32. The first-order chi connectivity index (χ1) is 9.29. The highest BCUT2D eigenvalue weighted by Crippen LogP contribution is 2.20. The van der Waals surface area contributed by atoms with Gasteiger partial charge >= 0.3 is 0 Å². The number of hydrogen-bond acceptors (Lipinski definition) is 4. The van der Waals surface area contributed by atoms with Gasteiger partial charge in [-0.2, -0.15) is 0 Å². The molecule has 0 saturated carbocycles. The monoisotopic (exact) mass is 257 g/mol. The molecule has 0 radical (unpaired) electrons. The number of aliphatic hydroxyl groups is 1. The average molecular weight is 257 g/mol. The fourth-order valence-electron chi connectivity index (χ4n) is 1.88. The van der Waals surface area contributed by atoms with Crippen molar-refractivity contribution in [3.05, 3.63) is 54.1 Å². The second-order valence-corrected chi connectivity index (χ2v) is 4.29. The van der Waals surface area contributed by atoms with Crippen molar-refractivity contribution < 1.29 is 5.11 Å². The largest absolute Gasteiger partial charge is 0.399 e. The molecule has 4 nitrogen and oxygen atoms in total. The zero-order chi connectivity index (χ0) is 13.5. The number of nitrogens with one attached hydrogen (secondary N) is 2. The van der Waals surface area contributed by atoms with Gasteiger partial charge in [-0.05, 0) is 35.9 Å². The van der Waals surface area contributed by atoms with Gasteiger partial charge in [0, 0.05) is 30.2 Å². The van der Waals surface area contributed by atoms with E-state index in [1.54, 1.807) is 0 Å². The summed E-state index contributed by atoms with van der Waals surface area (Å²) >= 11 is 0. The predicted octanol–water partition coefficient (Wildman–Crippen LogP) is 2.29. The molecule has 0 fully saturated rings. The van der Waals surface area contributed by atoms with Crippen molar-refractivity contribution >= 4 is 17.1 Å². The zero-order valence-electron chi connectivity index (χ0n) is 10.8. The van der Waals surface area contributed by atoms with Crippen molar-refractivity contribution in [3.8, 4) is 0 Å². The van der Waals surface area contributed by atoms with E-state index in [1.165, 1.54) is 0 Å². The Bertz CT molecular complexity index is 514. The van der Waals surface area contributed by atoms with Gasteiger partial charge < -0.3 is 21.5 Å². The first-order valence-electron chi connectivity index (χ1n) is 6.31. The van der Waals surface area contributed by atoms with Gasteiger partial charge in [-0.1, -0.05) is 18.2 Å².